The van der Waals surface area contributed by atoms with Gasteiger partial charge in [0.05, 0.1) is 37.8 Å². The summed E-state index contributed by atoms with van der Waals surface area (Å²) in [6.07, 6.45) is 1.58. The molecular weight excluding hydrogens is 468 g/mol. The summed E-state index contributed by atoms with van der Waals surface area (Å²) in [6, 6.07) is 12.3. The Morgan fingerprint density at radius 3 is 2.36 bits per heavy atom. The number of benzene rings is 3. The van der Waals surface area contributed by atoms with Gasteiger partial charge in [-0.2, -0.15) is 0 Å². The molecule has 188 valence electrons. The van der Waals surface area contributed by atoms with Crippen LogP contribution in [0.1, 0.15) is 30.0 Å². The van der Waals surface area contributed by atoms with Crippen LogP contribution in [-0.4, -0.2) is 42.2 Å². The number of phenols is 1. The number of ether oxygens (including phenoxy) is 3. The number of aromatic nitrogens is 1. The number of nitrogens with zero attached hydrogens (tertiary/aromatic N) is 1. The summed E-state index contributed by atoms with van der Waals surface area (Å²) < 4.78 is 47.3. The lowest BCUT2D eigenvalue weighted by Gasteiger charge is -2.37. The highest BCUT2D eigenvalue weighted by Crippen LogP contribution is 2.51. The molecule has 2 N–H and O–H groups in total. The fourth-order valence-electron chi connectivity index (χ4n) is 5.18. The molecule has 0 saturated heterocycles. The number of rotatable bonds is 7. The van der Waals surface area contributed by atoms with Crippen LogP contribution in [0.4, 0.5) is 8.78 Å². The molecule has 1 fully saturated rings. The molecule has 1 aliphatic rings. The predicted octanol–water partition coefficient (Wildman–Crippen LogP) is 5.68. The van der Waals surface area contributed by atoms with Crippen molar-refractivity contribution in [2.45, 2.75) is 31.5 Å². The van der Waals surface area contributed by atoms with Gasteiger partial charge in [-0.1, -0.05) is 12.1 Å². The first-order valence-corrected chi connectivity index (χ1v) is 11.6. The van der Waals surface area contributed by atoms with Crippen molar-refractivity contribution in [3.63, 3.8) is 0 Å². The fourth-order valence-corrected chi connectivity index (χ4v) is 5.18. The maximum Gasteiger partial charge on any atom is 0.165 e. The lowest BCUT2D eigenvalue weighted by molar-refractivity contribution is 0.0166. The zero-order valence-corrected chi connectivity index (χ0v) is 20.2. The topological polar surface area (TPSA) is 73.1 Å². The van der Waals surface area contributed by atoms with Crippen LogP contribution in [0.2, 0.25) is 0 Å². The van der Waals surface area contributed by atoms with Crippen molar-refractivity contribution < 1.29 is 33.2 Å². The monoisotopic (exact) mass is 495 g/mol. The van der Waals surface area contributed by atoms with Crippen molar-refractivity contribution in [3.05, 3.63) is 71.4 Å². The average molecular weight is 496 g/mol. The van der Waals surface area contributed by atoms with E-state index < -0.39 is 11.6 Å². The number of phenolic OH excluding ortho intramolecular Hbond substituents is 1. The minimum absolute atomic E-state index is 0.0494. The Labute approximate surface area is 207 Å². The van der Waals surface area contributed by atoms with Gasteiger partial charge in [0.15, 0.2) is 11.6 Å². The van der Waals surface area contributed by atoms with E-state index in [2.05, 4.69) is 0 Å². The number of methoxy groups -OCH3 is 3. The second kappa shape index (κ2) is 9.44. The molecule has 0 spiro atoms. The fraction of sp³-hybridized carbons (Fsp3) is 0.286. The molecular formula is C28H27F2NO5. The molecule has 4 aromatic rings. The summed E-state index contributed by atoms with van der Waals surface area (Å²) in [6.45, 7) is -0.196. The smallest absolute Gasteiger partial charge is 0.165 e. The number of aromatic hydroxyl groups is 1. The molecule has 6 nitrogen and oxygen atoms in total. The third-order valence-electron chi connectivity index (χ3n) is 7.05. The van der Waals surface area contributed by atoms with Gasteiger partial charge in [0.25, 0.3) is 0 Å². The second-order valence-corrected chi connectivity index (χ2v) is 8.88. The minimum atomic E-state index is -0.601. The Morgan fingerprint density at radius 1 is 0.944 bits per heavy atom. The maximum absolute atomic E-state index is 14.7. The van der Waals surface area contributed by atoms with Gasteiger partial charge in [0.2, 0.25) is 0 Å². The second-order valence-electron chi connectivity index (χ2n) is 8.88. The number of hydrogen-bond donors (Lipinski definition) is 2. The van der Waals surface area contributed by atoms with E-state index in [1.165, 1.54) is 26.4 Å². The Bertz CT molecular complexity index is 1450. The number of hydrogen-bond acceptors (Lipinski definition) is 5. The van der Waals surface area contributed by atoms with Crippen LogP contribution in [-0.2, 0) is 11.3 Å². The van der Waals surface area contributed by atoms with Crippen molar-refractivity contribution in [1.82, 2.24) is 4.57 Å². The van der Waals surface area contributed by atoms with E-state index in [1.807, 2.05) is 10.6 Å². The Hall–Kier alpha value is -3.62. The molecule has 1 saturated carbocycles. The summed E-state index contributed by atoms with van der Waals surface area (Å²) in [5.41, 5.74) is 3.82. The summed E-state index contributed by atoms with van der Waals surface area (Å²) >= 11 is 0. The van der Waals surface area contributed by atoms with Gasteiger partial charge in [-0.3, -0.25) is 0 Å². The van der Waals surface area contributed by atoms with Crippen LogP contribution in [0.15, 0.2) is 48.5 Å². The van der Waals surface area contributed by atoms with Gasteiger partial charge in [0, 0.05) is 47.7 Å². The highest BCUT2D eigenvalue weighted by molar-refractivity contribution is 6.03. The van der Waals surface area contributed by atoms with Crippen LogP contribution in [0, 0.1) is 11.6 Å². The molecule has 0 radical (unpaired) electrons. The quantitative estimate of drug-likeness (QED) is 0.345. The molecule has 1 aromatic heterocycles. The average Bonchev–Trinajstić information content (AvgIpc) is 3.18. The minimum Gasteiger partial charge on any atom is -0.507 e. The summed E-state index contributed by atoms with van der Waals surface area (Å²) in [7, 11) is 4.56. The Morgan fingerprint density at radius 2 is 1.72 bits per heavy atom. The van der Waals surface area contributed by atoms with E-state index in [0.29, 0.717) is 33.5 Å². The van der Waals surface area contributed by atoms with Crippen LogP contribution in [0.25, 0.3) is 27.7 Å². The molecule has 0 amide bonds. The molecule has 1 heterocycles. The molecule has 0 aliphatic heterocycles. The largest absolute Gasteiger partial charge is 0.507 e. The lowest BCUT2D eigenvalue weighted by atomic mass is 9.77. The van der Waals surface area contributed by atoms with Gasteiger partial charge >= 0.3 is 0 Å². The number of aliphatic hydroxyl groups is 1. The third-order valence-corrected chi connectivity index (χ3v) is 7.05. The van der Waals surface area contributed by atoms with E-state index in [1.54, 1.807) is 31.4 Å². The van der Waals surface area contributed by atoms with Gasteiger partial charge in [-0.25, -0.2) is 8.78 Å². The summed E-state index contributed by atoms with van der Waals surface area (Å²) in [5, 5.41) is 21.2. The number of fused-ring (bicyclic) bond motifs is 1. The molecule has 1 aliphatic carbocycles. The van der Waals surface area contributed by atoms with Crippen molar-refractivity contribution in [3.8, 4) is 34.1 Å². The summed E-state index contributed by atoms with van der Waals surface area (Å²) in [5.74, 6) is -0.864. The predicted molar refractivity (Wildman–Crippen MR) is 132 cm³/mol. The van der Waals surface area contributed by atoms with Gasteiger partial charge < -0.3 is 29.0 Å². The SMILES string of the molecule is COc1cc(-n2c(C3CCC3OC)c(-c3ccc(CO)c(OC)c3)c3c(O)cc(F)cc32)ccc1F. The molecule has 36 heavy (non-hydrogen) atoms. The molecule has 2 atom stereocenters. The van der Waals surface area contributed by atoms with E-state index in [9.17, 15) is 19.0 Å². The zero-order valence-electron chi connectivity index (χ0n) is 20.2. The van der Waals surface area contributed by atoms with E-state index in [0.717, 1.165) is 30.2 Å². The Kier molecular flexibility index (Phi) is 6.32. The zero-order chi connectivity index (χ0) is 25.6. The third kappa shape index (κ3) is 3.77. The molecule has 0 bridgehead atoms. The van der Waals surface area contributed by atoms with Crippen molar-refractivity contribution >= 4 is 10.9 Å². The highest BCUT2D eigenvalue weighted by Gasteiger charge is 2.38. The van der Waals surface area contributed by atoms with Crippen molar-refractivity contribution in [2.75, 3.05) is 21.3 Å². The van der Waals surface area contributed by atoms with Gasteiger partial charge in [-0.05, 0) is 42.7 Å². The van der Waals surface area contributed by atoms with Crippen molar-refractivity contribution in [2.24, 2.45) is 0 Å². The van der Waals surface area contributed by atoms with Crippen LogP contribution >= 0.6 is 0 Å². The van der Waals surface area contributed by atoms with Crippen molar-refractivity contribution in [1.29, 1.82) is 0 Å². The standard InChI is InChI=1S/C28H27F2NO5/c1-34-23-9-7-19(23)28-26(15-4-5-16(14-32)24(10-15)35-2)27-21(11-17(29)12-22(27)33)31(28)18-6-8-20(30)25(13-18)36-3/h4-6,8,10-13,19,23,32-33H,7,9,14H2,1-3H3. The van der Waals surface area contributed by atoms with E-state index in [-0.39, 0.29) is 30.1 Å². The first kappa shape index (κ1) is 24.1. The molecule has 3 aromatic carbocycles. The highest BCUT2D eigenvalue weighted by atomic mass is 19.1. The lowest BCUT2D eigenvalue weighted by Crippen LogP contribution is -2.32. The van der Waals surface area contributed by atoms with Gasteiger partial charge in [-0.15, -0.1) is 0 Å². The number of aliphatic hydroxyl groups excluding tert-OH is 1. The first-order valence-electron chi connectivity index (χ1n) is 11.6. The maximum atomic E-state index is 14.7. The van der Waals surface area contributed by atoms with Gasteiger partial charge in [0.1, 0.15) is 17.3 Å². The molecule has 5 rings (SSSR count). The first-order chi connectivity index (χ1) is 17.4. The van der Waals surface area contributed by atoms with Crippen LogP contribution < -0.4 is 9.47 Å². The van der Waals surface area contributed by atoms with E-state index >= 15 is 0 Å². The van der Waals surface area contributed by atoms with E-state index in [4.69, 9.17) is 14.2 Å². The summed E-state index contributed by atoms with van der Waals surface area (Å²) in [4.78, 5) is 0. The molecule has 8 heteroatoms. The number of halogens is 2. The molecule has 2 unspecified atom stereocenters. The Balaban J connectivity index is 1.91. The van der Waals surface area contributed by atoms with Crippen LogP contribution in [0.3, 0.4) is 0 Å². The normalized spacial score (nSPS) is 17.3. The van der Waals surface area contributed by atoms with Crippen LogP contribution in [0.5, 0.6) is 17.2 Å².